The topological polar surface area (TPSA) is 87.1 Å². The summed E-state index contributed by atoms with van der Waals surface area (Å²) < 4.78 is 0. The van der Waals surface area contributed by atoms with Crippen LogP contribution in [0.2, 0.25) is 10.0 Å². The molecule has 0 radical (unpaired) electrons. The highest BCUT2D eigenvalue weighted by atomic mass is 35.5. The van der Waals surface area contributed by atoms with Crippen LogP contribution < -0.4 is 10.6 Å². The fourth-order valence-electron chi connectivity index (χ4n) is 2.22. The number of aromatic nitrogens is 2. The largest absolute Gasteiger partial charge is 0.480 e. The van der Waals surface area contributed by atoms with Gasteiger partial charge in [0.2, 0.25) is 5.95 Å². The van der Waals surface area contributed by atoms with Crippen molar-refractivity contribution in [1.29, 1.82) is 0 Å². The minimum absolute atomic E-state index is 0.281. The second-order valence-electron chi connectivity index (χ2n) is 5.37. The Hall–Kier alpha value is -2.57. The molecule has 6 nitrogen and oxygen atoms in total. The van der Waals surface area contributed by atoms with Gasteiger partial charge in [-0.3, -0.25) is 4.79 Å². The molecule has 25 heavy (non-hydrogen) atoms. The lowest BCUT2D eigenvalue weighted by Crippen LogP contribution is -2.26. The molecular weight excluding hydrogens is 363 g/mol. The van der Waals surface area contributed by atoms with Crippen LogP contribution in [0.15, 0.2) is 42.5 Å². The lowest BCUT2D eigenvalue weighted by Gasteiger charge is -2.14. The molecule has 8 heteroatoms. The molecule has 0 spiro atoms. The van der Waals surface area contributed by atoms with Crippen molar-refractivity contribution in [3.05, 3.63) is 52.5 Å². The Balaban J connectivity index is 2.04. The summed E-state index contributed by atoms with van der Waals surface area (Å²) in [6.45, 7) is 1.54. The highest BCUT2D eigenvalue weighted by Gasteiger charge is 2.15. The number of carboxylic acids is 1. The van der Waals surface area contributed by atoms with Gasteiger partial charge in [0, 0.05) is 10.4 Å². The molecule has 1 unspecified atom stereocenters. The molecule has 0 fully saturated rings. The number of aliphatic carboxylic acids is 1. The summed E-state index contributed by atoms with van der Waals surface area (Å²) in [6, 6.07) is 11.5. The molecule has 1 atom stereocenters. The van der Waals surface area contributed by atoms with Crippen LogP contribution >= 0.6 is 23.2 Å². The maximum absolute atomic E-state index is 11.1. The molecule has 3 N–H and O–H groups in total. The molecule has 3 aromatic rings. The first-order valence-electron chi connectivity index (χ1n) is 7.42. The number of carboxylic acid groups (broad SMARTS) is 1. The van der Waals surface area contributed by atoms with Crippen molar-refractivity contribution in [1.82, 2.24) is 9.97 Å². The first kappa shape index (κ1) is 17.3. The number of halogens is 2. The van der Waals surface area contributed by atoms with Gasteiger partial charge in [-0.05, 0) is 37.3 Å². The van der Waals surface area contributed by atoms with Crippen molar-refractivity contribution < 1.29 is 9.90 Å². The van der Waals surface area contributed by atoms with Crippen molar-refractivity contribution in [3.8, 4) is 0 Å². The first-order valence-corrected chi connectivity index (χ1v) is 8.18. The standard InChI is InChI=1S/C17H14Cl2N4O2/c1-9(16(24)25)20-15-11-4-2-3-5-13(11)21-17(23-15)22-14-8-10(18)6-7-12(14)19/h2-9H,1H3,(H,24,25)(H2,20,21,22,23). The number of hydrogen-bond donors (Lipinski definition) is 3. The Morgan fingerprint density at radius 2 is 1.92 bits per heavy atom. The molecular formula is C17H14Cl2N4O2. The number of fused-ring (bicyclic) bond motifs is 1. The first-order chi connectivity index (χ1) is 11.9. The summed E-state index contributed by atoms with van der Waals surface area (Å²) in [4.78, 5) is 20.0. The van der Waals surface area contributed by atoms with Crippen LogP contribution in [0.3, 0.4) is 0 Å². The number of nitrogens with one attached hydrogen (secondary N) is 2. The van der Waals surface area contributed by atoms with Crippen molar-refractivity contribution in [3.63, 3.8) is 0 Å². The second-order valence-corrected chi connectivity index (χ2v) is 6.21. The van der Waals surface area contributed by atoms with Crippen LogP contribution in [0.5, 0.6) is 0 Å². The number of rotatable bonds is 5. The number of para-hydroxylation sites is 1. The predicted octanol–water partition coefficient (Wildman–Crippen LogP) is 4.57. The lowest BCUT2D eigenvalue weighted by atomic mass is 10.2. The van der Waals surface area contributed by atoms with E-state index < -0.39 is 12.0 Å². The molecule has 0 saturated carbocycles. The maximum Gasteiger partial charge on any atom is 0.325 e. The number of nitrogens with zero attached hydrogens (tertiary/aromatic N) is 2. The second kappa shape index (κ2) is 7.13. The molecule has 0 bridgehead atoms. The summed E-state index contributed by atoms with van der Waals surface area (Å²) in [7, 11) is 0. The summed E-state index contributed by atoms with van der Waals surface area (Å²) >= 11 is 12.2. The minimum Gasteiger partial charge on any atom is -0.480 e. The van der Waals surface area contributed by atoms with Crippen molar-refractivity contribution in [2.24, 2.45) is 0 Å². The zero-order valence-electron chi connectivity index (χ0n) is 13.1. The average Bonchev–Trinajstić information content (AvgIpc) is 2.58. The number of benzene rings is 2. The van der Waals surface area contributed by atoms with Gasteiger partial charge in [-0.2, -0.15) is 4.98 Å². The molecule has 1 aromatic heterocycles. The fraction of sp³-hybridized carbons (Fsp3) is 0.118. The molecule has 3 rings (SSSR count). The van der Waals surface area contributed by atoms with Gasteiger partial charge in [-0.25, -0.2) is 4.98 Å². The third kappa shape index (κ3) is 3.92. The van der Waals surface area contributed by atoms with E-state index in [0.717, 1.165) is 5.39 Å². The number of carbonyl (C=O) groups is 1. The normalized spacial score (nSPS) is 12.0. The van der Waals surface area contributed by atoms with Gasteiger partial charge in [-0.15, -0.1) is 0 Å². The van der Waals surface area contributed by atoms with E-state index in [0.29, 0.717) is 27.1 Å². The van der Waals surface area contributed by atoms with Crippen LogP contribution in [0.1, 0.15) is 6.92 Å². The SMILES string of the molecule is CC(Nc1nc(Nc2cc(Cl)ccc2Cl)nc2ccccc12)C(=O)O. The van der Waals surface area contributed by atoms with Crippen LogP contribution in [0, 0.1) is 0 Å². The molecule has 128 valence electrons. The van der Waals surface area contributed by atoms with Crippen molar-refractivity contribution in [2.75, 3.05) is 10.6 Å². The van der Waals surface area contributed by atoms with Crippen LogP contribution in [-0.2, 0) is 4.79 Å². The average molecular weight is 377 g/mol. The van der Waals surface area contributed by atoms with Crippen LogP contribution in [0.4, 0.5) is 17.5 Å². The Morgan fingerprint density at radius 1 is 1.16 bits per heavy atom. The minimum atomic E-state index is -0.977. The van der Waals surface area contributed by atoms with Gasteiger partial charge in [0.25, 0.3) is 0 Å². The predicted molar refractivity (Wildman–Crippen MR) is 100 cm³/mol. The van der Waals surface area contributed by atoms with E-state index in [1.54, 1.807) is 25.1 Å². The van der Waals surface area contributed by atoms with E-state index in [2.05, 4.69) is 20.6 Å². The van der Waals surface area contributed by atoms with E-state index in [1.165, 1.54) is 0 Å². The van der Waals surface area contributed by atoms with Gasteiger partial charge in [-0.1, -0.05) is 35.3 Å². The quantitative estimate of drug-likeness (QED) is 0.604. The van der Waals surface area contributed by atoms with E-state index >= 15 is 0 Å². The van der Waals surface area contributed by atoms with Crippen molar-refractivity contribution in [2.45, 2.75) is 13.0 Å². The number of hydrogen-bond acceptors (Lipinski definition) is 5. The molecule has 0 saturated heterocycles. The van der Waals surface area contributed by atoms with Gasteiger partial charge in [0.1, 0.15) is 11.9 Å². The summed E-state index contributed by atoms with van der Waals surface area (Å²) in [5, 5.41) is 16.7. The monoisotopic (exact) mass is 376 g/mol. The van der Waals surface area contributed by atoms with Gasteiger partial charge < -0.3 is 15.7 Å². The summed E-state index contributed by atoms with van der Waals surface area (Å²) in [5.74, 6) is -0.279. The Kier molecular flexibility index (Phi) is 4.92. The van der Waals surface area contributed by atoms with Crippen molar-refractivity contribution >= 4 is 57.5 Å². The Bertz CT molecular complexity index is 949. The maximum atomic E-state index is 11.1. The van der Waals surface area contributed by atoms with Crippen LogP contribution in [0.25, 0.3) is 10.9 Å². The zero-order chi connectivity index (χ0) is 18.0. The highest BCUT2D eigenvalue weighted by Crippen LogP contribution is 2.29. The fourth-order valence-corrected chi connectivity index (χ4v) is 2.56. The Morgan fingerprint density at radius 3 is 2.68 bits per heavy atom. The van der Waals surface area contributed by atoms with Gasteiger partial charge >= 0.3 is 5.97 Å². The van der Waals surface area contributed by atoms with E-state index in [4.69, 9.17) is 28.3 Å². The van der Waals surface area contributed by atoms with E-state index in [9.17, 15) is 4.79 Å². The smallest absolute Gasteiger partial charge is 0.325 e. The molecule has 2 aromatic carbocycles. The van der Waals surface area contributed by atoms with Gasteiger partial charge in [0.05, 0.1) is 16.2 Å². The lowest BCUT2D eigenvalue weighted by molar-refractivity contribution is -0.137. The van der Waals surface area contributed by atoms with Crippen LogP contribution in [-0.4, -0.2) is 27.1 Å². The molecule has 0 aliphatic rings. The molecule has 0 aliphatic carbocycles. The molecule has 0 aliphatic heterocycles. The Labute approximate surface area is 153 Å². The number of anilines is 3. The third-order valence-electron chi connectivity index (χ3n) is 3.50. The molecule has 1 heterocycles. The third-order valence-corrected chi connectivity index (χ3v) is 4.07. The van der Waals surface area contributed by atoms with E-state index in [1.807, 2.05) is 24.3 Å². The zero-order valence-corrected chi connectivity index (χ0v) is 14.6. The van der Waals surface area contributed by atoms with E-state index in [-0.39, 0.29) is 5.95 Å². The molecule has 0 amide bonds. The van der Waals surface area contributed by atoms with Gasteiger partial charge in [0.15, 0.2) is 0 Å². The summed E-state index contributed by atoms with van der Waals surface area (Å²) in [5.41, 5.74) is 1.22. The summed E-state index contributed by atoms with van der Waals surface area (Å²) in [6.07, 6.45) is 0. The highest BCUT2D eigenvalue weighted by molar-refractivity contribution is 6.35.